The number of nitrogens with one attached hydrogen (secondary N) is 1. The summed E-state index contributed by atoms with van der Waals surface area (Å²) < 4.78 is 42.0. The monoisotopic (exact) mass is 352 g/mol. The van der Waals surface area contributed by atoms with Crippen molar-refractivity contribution < 1.29 is 27.8 Å². The van der Waals surface area contributed by atoms with Gasteiger partial charge in [-0.05, 0) is 36.4 Å². The third kappa shape index (κ3) is 3.79. The first-order chi connectivity index (χ1) is 11.8. The number of hydrogen-bond donors (Lipinski definition) is 2. The van der Waals surface area contributed by atoms with Gasteiger partial charge in [0.05, 0.1) is 17.7 Å². The molecule has 2 N–H and O–H groups in total. The van der Waals surface area contributed by atoms with Gasteiger partial charge in [-0.1, -0.05) is 0 Å². The van der Waals surface area contributed by atoms with Crippen LogP contribution in [0.4, 0.5) is 18.0 Å². The number of alkyl halides is 3. The molecular weight excluding hydrogens is 341 g/mol. The third-order valence-electron chi connectivity index (χ3n) is 3.23. The lowest BCUT2D eigenvalue weighted by atomic mass is 10.3. The van der Waals surface area contributed by atoms with Gasteiger partial charge in [-0.15, -0.1) is 13.2 Å². The Balaban J connectivity index is 1.96. The predicted octanol–water partition coefficient (Wildman–Crippen LogP) is 3.09. The van der Waals surface area contributed by atoms with E-state index < -0.39 is 12.5 Å². The number of nitrogens with zero attached hydrogens (tertiary/aromatic N) is 3. The number of ether oxygens (including phenoxy) is 1. The standard InChI is InChI=1S/C15H11F3N4O3/c16-15(17,18)25-10-5-3-9(4-6-10)22-12-2-1-7-19-13(12)11(21-22)8-20-14(23)24/h1-7,20H,8H2,(H,23,24). The highest BCUT2D eigenvalue weighted by Gasteiger charge is 2.31. The average Bonchev–Trinajstić information content (AvgIpc) is 2.91. The highest BCUT2D eigenvalue weighted by Crippen LogP contribution is 2.25. The van der Waals surface area contributed by atoms with E-state index in [0.717, 1.165) is 0 Å². The van der Waals surface area contributed by atoms with Crippen LogP contribution in [0.2, 0.25) is 0 Å². The number of fused-ring (bicyclic) bond motifs is 1. The zero-order chi connectivity index (χ0) is 18.0. The minimum Gasteiger partial charge on any atom is -0.465 e. The van der Waals surface area contributed by atoms with E-state index in [-0.39, 0.29) is 12.3 Å². The summed E-state index contributed by atoms with van der Waals surface area (Å²) in [6, 6.07) is 8.56. The zero-order valence-electron chi connectivity index (χ0n) is 12.5. The van der Waals surface area contributed by atoms with Crippen molar-refractivity contribution in [3.63, 3.8) is 0 Å². The molecule has 0 aliphatic heterocycles. The fraction of sp³-hybridized carbons (Fsp3) is 0.133. The predicted molar refractivity (Wildman–Crippen MR) is 80.4 cm³/mol. The molecule has 130 valence electrons. The quantitative estimate of drug-likeness (QED) is 0.753. The van der Waals surface area contributed by atoms with Gasteiger partial charge in [0.15, 0.2) is 0 Å². The summed E-state index contributed by atoms with van der Waals surface area (Å²) in [4.78, 5) is 14.8. The van der Waals surface area contributed by atoms with Gasteiger partial charge in [-0.25, -0.2) is 9.48 Å². The van der Waals surface area contributed by atoms with Crippen molar-refractivity contribution in [2.75, 3.05) is 0 Å². The van der Waals surface area contributed by atoms with Gasteiger partial charge in [-0.3, -0.25) is 4.98 Å². The molecule has 0 spiro atoms. The number of carbonyl (C=O) groups is 1. The topological polar surface area (TPSA) is 89.3 Å². The number of aromatic nitrogens is 3. The fourth-order valence-corrected chi connectivity index (χ4v) is 2.28. The molecule has 3 rings (SSSR count). The lowest BCUT2D eigenvalue weighted by Crippen LogP contribution is -2.20. The van der Waals surface area contributed by atoms with E-state index in [4.69, 9.17) is 5.11 Å². The fourth-order valence-electron chi connectivity index (χ4n) is 2.28. The van der Waals surface area contributed by atoms with E-state index in [1.54, 1.807) is 18.3 Å². The second-order valence-corrected chi connectivity index (χ2v) is 4.93. The van der Waals surface area contributed by atoms with Crippen LogP contribution < -0.4 is 10.1 Å². The van der Waals surface area contributed by atoms with E-state index >= 15 is 0 Å². The molecule has 0 bridgehead atoms. The van der Waals surface area contributed by atoms with Gasteiger partial charge in [0.2, 0.25) is 0 Å². The van der Waals surface area contributed by atoms with Crippen molar-refractivity contribution in [2.24, 2.45) is 0 Å². The summed E-state index contributed by atoms with van der Waals surface area (Å²) in [5.41, 5.74) is 1.96. The zero-order valence-corrected chi connectivity index (χ0v) is 12.5. The number of halogens is 3. The van der Waals surface area contributed by atoms with Gasteiger partial charge >= 0.3 is 12.5 Å². The molecule has 10 heteroatoms. The average molecular weight is 352 g/mol. The molecule has 1 amide bonds. The lowest BCUT2D eigenvalue weighted by Gasteiger charge is -2.09. The Morgan fingerprint density at radius 1 is 1.24 bits per heavy atom. The molecule has 0 saturated heterocycles. The van der Waals surface area contributed by atoms with Crippen LogP contribution in [0, 0.1) is 0 Å². The maximum Gasteiger partial charge on any atom is 0.573 e. The minimum atomic E-state index is -4.76. The summed E-state index contributed by atoms with van der Waals surface area (Å²) in [6.45, 7) is -0.0505. The van der Waals surface area contributed by atoms with E-state index in [1.165, 1.54) is 28.9 Å². The van der Waals surface area contributed by atoms with Gasteiger partial charge in [-0.2, -0.15) is 5.10 Å². The molecule has 1 aromatic carbocycles. The summed E-state index contributed by atoms with van der Waals surface area (Å²) in [6.07, 6.45) is -4.43. The first-order valence-corrected chi connectivity index (χ1v) is 6.99. The Hall–Kier alpha value is -3.30. The highest BCUT2D eigenvalue weighted by atomic mass is 19.4. The van der Waals surface area contributed by atoms with Crippen LogP contribution in [-0.2, 0) is 6.54 Å². The van der Waals surface area contributed by atoms with Crippen LogP contribution in [0.3, 0.4) is 0 Å². The molecule has 0 radical (unpaired) electrons. The van der Waals surface area contributed by atoms with Gasteiger partial charge < -0.3 is 15.2 Å². The van der Waals surface area contributed by atoms with E-state index in [2.05, 4.69) is 20.1 Å². The van der Waals surface area contributed by atoms with Crippen molar-refractivity contribution in [2.45, 2.75) is 12.9 Å². The third-order valence-corrected chi connectivity index (χ3v) is 3.23. The summed E-state index contributed by atoms with van der Waals surface area (Å²) in [7, 11) is 0. The second-order valence-electron chi connectivity index (χ2n) is 4.93. The molecule has 0 aliphatic rings. The number of hydrogen-bond acceptors (Lipinski definition) is 4. The van der Waals surface area contributed by atoms with Crippen molar-refractivity contribution in [1.82, 2.24) is 20.1 Å². The molecule has 0 aliphatic carbocycles. The molecule has 7 nitrogen and oxygen atoms in total. The molecule has 0 fully saturated rings. The van der Waals surface area contributed by atoms with Crippen LogP contribution >= 0.6 is 0 Å². The molecule has 0 atom stereocenters. The molecule has 0 saturated carbocycles. The number of pyridine rings is 1. The Kier molecular flexibility index (Phi) is 4.17. The number of carboxylic acid groups (broad SMARTS) is 1. The van der Waals surface area contributed by atoms with Crippen molar-refractivity contribution in [1.29, 1.82) is 0 Å². The van der Waals surface area contributed by atoms with Crippen LogP contribution in [0.25, 0.3) is 16.7 Å². The summed E-state index contributed by atoms with van der Waals surface area (Å²) in [5.74, 6) is -0.349. The molecule has 3 aromatic rings. The van der Waals surface area contributed by atoms with E-state index in [1.807, 2.05) is 0 Å². The van der Waals surface area contributed by atoms with Gasteiger partial charge in [0, 0.05) is 6.20 Å². The van der Waals surface area contributed by atoms with Gasteiger partial charge in [0.25, 0.3) is 0 Å². The normalized spacial score (nSPS) is 11.5. The van der Waals surface area contributed by atoms with Crippen LogP contribution in [0.5, 0.6) is 5.75 Å². The van der Waals surface area contributed by atoms with Crippen molar-refractivity contribution in [3.05, 3.63) is 48.3 Å². The number of benzene rings is 1. The maximum atomic E-state index is 12.2. The molecule has 2 aromatic heterocycles. The smallest absolute Gasteiger partial charge is 0.465 e. The van der Waals surface area contributed by atoms with Crippen LogP contribution in [0.15, 0.2) is 42.6 Å². The van der Waals surface area contributed by atoms with Crippen molar-refractivity contribution in [3.8, 4) is 11.4 Å². The first-order valence-electron chi connectivity index (χ1n) is 6.99. The Bertz CT molecular complexity index is 907. The molecular formula is C15H11F3N4O3. The first kappa shape index (κ1) is 16.6. The largest absolute Gasteiger partial charge is 0.573 e. The second kappa shape index (κ2) is 6.30. The minimum absolute atomic E-state index is 0.0505. The lowest BCUT2D eigenvalue weighted by molar-refractivity contribution is -0.274. The summed E-state index contributed by atoms with van der Waals surface area (Å²) in [5, 5.41) is 15.2. The SMILES string of the molecule is O=C(O)NCc1nn(-c2ccc(OC(F)(F)F)cc2)c2cccnc12. The summed E-state index contributed by atoms with van der Waals surface area (Å²) >= 11 is 0. The Morgan fingerprint density at radius 2 is 1.96 bits per heavy atom. The maximum absolute atomic E-state index is 12.2. The van der Waals surface area contributed by atoms with Crippen LogP contribution in [0.1, 0.15) is 5.69 Å². The molecule has 2 heterocycles. The Morgan fingerprint density at radius 3 is 2.60 bits per heavy atom. The van der Waals surface area contributed by atoms with Gasteiger partial charge in [0.1, 0.15) is 17.0 Å². The molecule has 0 unspecified atom stereocenters. The van der Waals surface area contributed by atoms with E-state index in [0.29, 0.717) is 22.4 Å². The highest BCUT2D eigenvalue weighted by molar-refractivity contribution is 5.79. The number of amides is 1. The van der Waals surface area contributed by atoms with Crippen molar-refractivity contribution >= 4 is 17.1 Å². The Labute approximate surface area is 138 Å². The van der Waals surface area contributed by atoms with E-state index in [9.17, 15) is 18.0 Å². The van der Waals surface area contributed by atoms with Crippen LogP contribution in [-0.4, -0.2) is 32.3 Å². The number of rotatable bonds is 4. The molecule has 25 heavy (non-hydrogen) atoms.